The average molecular weight is 364 g/mol. The van der Waals surface area contributed by atoms with E-state index in [0.717, 1.165) is 36.1 Å². The monoisotopic (exact) mass is 363 g/mol. The highest BCUT2D eigenvalue weighted by atomic mass is 35.5. The summed E-state index contributed by atoms with van der Waals surface area (Å²) in [5.74, 6) is 0.857. The van der Waals surface area contributed by atoms with Crippen LogP contribution in [0.5, 0.6) is 0 Å². The third-order valence-corrected chi connectivity index (χ3v) is 5.57. The SMILES string of the molecule is CCN(CCCCc1nc2cc(Cl)c(Cl)cc2[nH]1)S(C)(=O)=O. The Hall–Kier alpha value is -0.820. The van der Waals surface area contributed by atoms with E-state index < -0.39 is 10.0 Å². The number of fused-ring (bicyclic) bond motifs is 1. The molecule has 2 rings (SSSR count). The zero-order valence-corrected chi connectivity index (χ0v) is 14.9. The number of rotatable bonds is 7. The van der Waals surface area contributed by atoms with Gasteiger partial charge in [-0.15, -0.1) is 0 Å². The fourth-order valence-corrected chi connectivity index (χ4v) is 3.57. The predicted molar refractivity (Wildman–Crippen MR) is 91.1 cm³/mol. The molecule has 22 heavy (non-hydrogen) atoms. The van der Waals surface area contributed by atoms with Gasteiger partial charge in [0.25, 0.3) is 0 Å². The number of benzene rings is 1. The van der Waals surface area contributed by atoms with E-state index in [2.05, 4.69) is 9.97 Å². The minimum Gasteiger partial charge on any atom is -0.342 e. The van der Waals surface area contributed by atoms with Crippen molar-refractivity contribution in [1.29, 1.82) is 0 Å². The number of aryl methyl sites for hydroxylation is 1. The first-order chi connectivity index (χ1) is 10.3. The van der Waals surface area contributed by atoms with Crippen molar-refractivity contribution in [3.8, 4) is 0 Å². The molecule has 0 bridgehead atoms. The second kappa shape index (κ2) is 7.17. The van der Waals surface area contributed by atoms with E-state index in [0.29, 0.717) is 23.1 Å². The van der Waals surface area contributed by atoms with Crippen LogP contribution in [0, 0.1) is 0 Å². The molecule has 0 saturated heterocycles. The lowest BCUT2D eigenvalue weighted by molar-refractivity contribution is 0.419. The number of sulfonamides is 1. The van der Waals surface area contributed by atoms with Crippen LogP contribution in [-0.4, -0.2) is 42.0 Å². The molecule has 0 fully saturated rings. The molecular weight excluding hydrogens is 345 g/mol. The van der Waals surface area contributed by atoms with Gasteiger partial charge in [0.05, 0.1) is 27.3 Å². The number of nitrogens with zero attached hydrogens (tertiary/aromatic N) is 2. The summed E-state index contributed by atoms with van der Waals surface area (Å²) in [7, 11) is -3.11. The number of halogens is 2. The first kappa shape index (κ1) is 17.5. The molecule has 0 atom stereocenters. The molecule has 0 aliphatic carbocycles. The average Bonchev–Trinajstić information content (AvgIpc) is 2.79. The van der Waals surface area contributed by atoms with Gasteiger partial charge in [-0.05, 0) is 25.0 Å². The Bertz CT molecular complexity index is 720. The Morgan fingerprint density at radius 2 is 1.91 bits per heavy atom. The number of imidazole rings is 1. The minimum atomic E-state index is -3.11. The van der Waals surface area contributed by atoms with Gasteiger partial charge in [-0.2, -0.15) is 0 Å². The van der Waals surface area contributed by atoms with E-state index in [9.17, 15) is 8.42 Å². The molecule has 1 aromatic carbocycles. The molecule has 2 aromatic rings. The number of unbranched alkanes of at least 4 members (excludes halogenated alkanes) is 1. The summed E-state index contributed by atoms with van der Waals surface area (Å²) < 4.78 is 24.5. The van der Waals surface area contributed by atoms with E-state index in [1.807, 2.05) is 6.92 Å². The number of nitrogens with one attached hydrogen (secondary N) is 1. The standard InChI is InChI=1S/C14H19Cl2N3O2S/c1-3-19(22(2,20)21)7-5-4-6-14-17-12-8-10(15)11(16)9-13(12)18-14/h8-9H,3-7H2,1-2H3,(H,17,18). The lowest BCUT2D eigenvalue weighted by Crippen LogP contribution is -2.30. The first-order valence-corrected chi connectivity index (χ1v) is 9.70. The number of aromatic amines is 1. The summed E-state index contributed by atoms with van der Waals surface area (Å²) in [6.07, 6.45) is 3.64. The third kappa shape index (κ3) is 4.35. The maximum Gasteiger partial charge on any atom is 0.211 e. The Kier molecular flexibility index (Phi) is 5.71. The summed E-state index contributed by atoms with van der Waals surface area (Å²) in [5.41, 5.74) is 1.64. The molecule has 122 valence electrons. The third-order valence-electron chi connectivity index (χ3n) is 3.47. The molecule has 8 heteroatoms. The molecule has 0 unspecified atom stereocenters. The van der Waals surface area contributed by atoms with Gasteiger partial charge < -0.3 is 4.98 Å². The van der Waals surface area contributed by atoms with Gasteiger partial charge in [-0.3, -0.25) is 0 Å². The normalized spacial score (nSPS) is 12.4. The summed E-state index contributed by atoms with van der Waals surface area (Å²) in [4.78, 5) is 7.68. The van der Waals surface area contributed by atoms with Gasteiger partial charge >= 0.3 is 0 Å². The van der Waals surface area contributed by atoms with Gasteiger partial charge in [0.2, 0.25) is 10.0 Å². The fourth-order valence-electron chi connectivity index (χ4n) is 2.32. The highest BCUT2D eigenvalue weighted by molar-refractivity contribution is 7.88. The molecule has 0 spiro atoms. The molecule has 1 aromatic heterocycles. The Morgan fingerprint density at radius 3 is 2.55 bits per heavy atom. The number of hydrogen-bond donors (Lipinski definition) is 1. The molecule has 0 radical (unpaired) electrons. The van der Waals surface area contributed by atoms with E-state index in [-0.39, 0.29) is 0 Å². The Balaban J connectivity index is 1.92. The molecule has 1 N–H and O–H groups in total. The van der Waals surface area contributed by atoms with Crippen LogP contribution in [0.4, 0.5) is 0 Å². The van der Waals surface area contributed by atoms with Crippen LogP contribution in [-0.2, 0) is 16.4 Å². The minimum absolute atomic E-state index is 0.485. The van der Waals surface area contributed by atoms with Crippen LogP contribution < -0.4 is 0 Å². The highest BCUT2D eigenvalue weighted by Gasteiger charge is 2.13. The van der Waals surface area contributed by atoms with Crippen LogP contribution in [0.2, 0.25) is 10.0 Å². The number of aromatic nitrogens is 2. The van der Waals surface area contributed by atoms with Crippen molar-refractivity contribution in [3.63, 3.8) is 0 Å². The predicted octanol–water partition coefficient (Wildman–Crippen LogP) is 3.47. The van der Waals surface area contributed by atoms with Crippen molar-refractivity contribution in [2.45, 2.75) is 26.2 Å². The van der Waals surface area contributed by atoms with Crippen LogP contribution in [0.15, 0.2) is 12.1 Å². The topological polar surface area (TPSA) is 66.1 Å². The van der Waals surface area contributed by atoms with Crippen molar-refractivity contribution in [1.82, 2.24) is 14.3 Å². The van der Waals surface area contributed by atoms with E-state index >= 15 is 0 Å². The largest absolute Gasteiger partial charge is 0.342 e. The van der Waals surface area contributed by atoms with E-state index in [1.165, 1.54) is 10.6 Å². The second-order valence-corrected chi connectivity index (χ2v) is 7.98. The quantitative estimate of drug-likeness (QED) is 0.765. The highest BCUT2D eigenvalue weighted by Crippen LogP contribution is 2.26. The van der Waals surface area contributed by atoms with Crippen LogP contribution in [0.25, 0.3) is 11.0 Å². The molecule has 5 nitrogen and oxygen atoms in total. The molecule has 0 amide bonds. The van der Waals surface area contributed by atoms with Gasteiger partial charge in [0.15, 0.2) is 0 Å². The van der Waals surface area contributed by atoms with Crippen molar-refractivity contribution in [2.24, 2.45) is 0 Å². The van der Waals surface area contributed by atoms with Crippen LogP contribution in [0.1, 0.15) is 25.6 Å². The van der Waals surface area contributed by atoms with Gasteiger partial charge in [0.1, 0.15) is 5.82 Å². The smallest absolute Gasteiger partial charge is 0.211 e. The van der Waals surface area contributed by atoms with Crippen LogP contribution in [0.3, 0.4) is 0 Å². The number of H-pyrrole nitrogens is 1. The lowest BCUT2D eigenvalue weighted by Gasteiger charge is -2.17. The summed E-state index contributed by atoms with van der Waals surface area (Å²) in [5, 5.41) is 0.982. The summed E-state index contributed by atoms with van der Waals surface area (Å²) >= 11 is 11.9. The lowest BCUT2D eigenvalue weighted by atomic mass is 10.2. The number of hydrogen-bond acceptors (Lipinski definition) is 3. The van der Waals surface area contributed by atoms with E-state index in [4.69, 9.17) is 23.2 Å². The van der Waals surface area contributed by atoms with Crippen LogP contribution >= 0.6 is 23.2 Å². The molecule has 1 heterocycles. The van der Waals surface area contributed by atoms with Gasteiger partial charge in [-0.25, -0.2) is 17.7 Å². The molecule has 0 saturated carbocycles. The second-order valence-electron chi connectivity index (χ2n) is 5.18. The molecular formula is C14H19Cl2N3O2S. The zero-order valence-electron chi connectivity index (χ0n) is 12.6. The molecule has 0 aliphatic rings. The van der Waals surface area contributed by atoms with Crippen molar-refractivity contribution in [3.05, 3.63) is 28.0 Å². The zero-order chi connectivity index (χ0) is 16.3. The maximum atomic E-state index is 11.5. The van der Waals surface area contributed by atoms with Crippen molar-refractivity contribution in [2.75, 3.05) is 19.3 Å². The maximum absolute atomic E-state index is 11.5. The van der Waals surface area contributed by atoms with E-state index in [1.54, 1.807) is 12.1 Å². The van der Waals surface area contributed by atoms with Crippen molar-refractivity contribution < 1.29 is 8.42 Å². The summed E-state index contributed by atoms with van der Waals surface area (Å²) in [6, 6.07) is 3.50. The first-order valence-electron chi connectivity index (χ1n) is 7.10. The fraction of sp³-hybridized carbons (Fsp3) is 0.500. The van der Waals surface area contributed by atoms with Gasteiger partial charge in [-0.1, -0.05) is 30.1 Å². The Labute approximate surface area is 140 Å². The summed E-state index contributed by atoms with van der Waals surface area (Å²) in [6.45, 7) is 2.88. The molecule has 0 aliphatic heterocycles. The van der Waals surface area contributed by atoms with Gasteiger partial charge in [0, 0.05) is 19.5 Å². The Morgan fingerprint density at radius 1 is 1.23 bits per heavy atom. The van der Waals surface area contributed by atoms with Crippen molar-refractivity contribution >= 4 is 44.3 Å².